The van der Waals surface area contributed by atoms with Gasteiger partial charge in [-0.05, 0) is 18.1 Å². The minimum atomic E-state index is -0.313. The fraction of sp³-hybridized carbons (Fsp3) is 0.222. The maximum Gasteiger partial charge on any atom is 0.158 e. The highest BCUT2D eigenvalue weighted by Crippen LogP contribution is 2.25. The highest BCUT2D eigenvalue weighted by Gasteiger charge is 2.24. The van der Waals surface area contributed by atoms with Crippen molar-refractivity contribution in [1.29, 1.82) is 5.26 Å². The summed E-state index contributed by atoms with van der Waals surface area (Å²) >= 11 is 0. The van der Waals surface area contributed by atoms with Crippen LogP contribution in [0.25, 0.3) is 0 Å². The molecule has 2 aromatic rings. The summed E-state index contributed by atoms with van der Waals surface area (Å²) < 4.78 is 0. The summed E-state index contributed by atoms with van der Waals surface area (Å²) in [6, 6.07) is 20.3. The predicted molar refractivity (Wildman–Crippen MR) is 83.8 cm³/mol. The number of hydrogen-bond donors (Lipinski definition) is 0. The lowest BCUT2D eigenvalue weighted by molar-refractivity contribution is 0.275. The summed E-state index contributed by atoms with van der Waals surface area (Å²) in [6.45, 7) is 2.84. The third-order valence-electron chi connectivity index (χ3n) is 3.75. The molecule has 0 amide bonds. The molecule has 21 heavy (non-hydrogen) atoms. The zero-order chi connectivity index (χ0) is 14.7. The molecule has 1 aliphatic rings. The number of nitrogens with zero attached hydrogens (tertiary/aromatic N) is 3. The average molecular weight is 275 g/mol. The second-order valence-electron chi connectivity index (χ2n) is 5.27. The molecule has 3 rings (SSSR count). The molecule has 104 valence electrons. The molecule has 0 spiro atoms. The Hall–Kier alpha value is -2.60. The molecule has 3 heteroatoms. The Morgan fingerprint density at radius 3 is 2.48 bits per heavy atom. The Balaban J connectivity index is 1.85. The normalized spacial score (nSPS) is 15.4. The van der Waals surface area contributed by atoms with Gasteiger partial charge in [0.15, 0.2) is 6.04 Å². The molecule has 2 aromatic carbocycles. The van der Waals surface area contributed by atoms with Gasteiger partial charge < -0.3 is 0 Å². The largest absolute Gasteiger partial charge is 0.275 e. The molecule has 1 aliphatic heterocycles. The van der Waals surface area contributed by atoms with Gasteiger partial charge in [-0.3, -0.25) is 5.01 Å². The SMILES string of the molecule is Cc1ccc([C@H](C#N)N2CCC(c3ccccc3)=N2)cc1. The van der Waals surface area contributed by atoms with Gasteiger partial charge in [0.2, 0.25) is 0 Å². The molecule has 0 radical (unpaired) electrons. The number of benzene rings is 2. The molecule has 0 N–H and O–H groups in total. The maximum atomic E-state index is 9.51. The fourth-order valence-electron chi connectivity index (χ4n) is 2.56. The highest BCUT2D eigenvalue weighted by atomic mass is 15.5. The zero-order valence-electron chi connectivity index (χ0n) is 12.0. The van der Waals surface area contributed by atoms with E-state index in [0.29, 0.717) is 0 Å². The summed E-state index contributed by atoms with van der Waals surface area (Å²) in [4.78, 5) is 0. The van der Waals surface area contributed by atoms with Crippen LogP contribution in [0.15, 0.2) is 59.7 Å². The van der Waals surface area contributed by atoms with Crippen molar-refractivity contribution in [2.75, 3.05) is 6.54 Å². The number of hydrogen-bond acceptors (Lipinski definition) is 3. The molecule has 0 saturated heterocycles. The predicted octanol–water partition coefficient (Wildman–Crippen LogP) is 3.67. The van der Waals surface area contributed by atoms with Crippen LogP contribution in [0.2, 0.25) is 0 Å². The van der Waals surface area contributed by atoms with Gasteiger partial charge in [0.25, 0.3) is 0 Å². The van der Waals surface area contributed by atoms with E-state index in [9.17, 15) is 5.26 Å². The van der Waals surface area contributed by atoms with E-state index in [1.807, 2.05) is 54.4 Å². The van der Waals surface area contributed by atoms with Crippen LogP contribution < -0.4 is 0 Å². The number of nitriles is 1. The Bertz CT molecular complexity index is 681. The second kappa shape index (κ2) is 5.80. The molecule has 0 unspecified atom stereocenters. The van der Waals surface area contributed by atoms with E-state index in [4.69, 9.17) is 0 Å². The van der Waals surface area contributed by atoms with E-state index < -0.39 is 0 Å². The third kappa shape index (κ3) is 2.80. The first-order valence-electron chi connectivity index (χ1n) is 7.13. The first-order valence-corrected chi connectivity index (χ1v) is 7.13. The summed E-state index contributed by atoms with van der Waals surface area (Å²) in [7, 11) is 0. The van der Waals surface area contributed by atoms with Gasteiger partial charge in [-0.25, -0.2) is 0 Å². The quantitative estimate of drug-likeness (QED) is 0.857. The number of hydrazone groups is 1. The third-order valence-corrected chi connectivity index (χ3v) is 3.75. The van der Waals surface area contributed by atoms with E-state index >= 15 is 0 Å². The lowest BCUT2D eigenvalue weighted by Gasteiger charge is -2.20. The molecule has 0 bridgehead atoms. The van der Waals surface area contributed by atoms with Crippen molar-refractivity contribution in [3.05, 3.63) is 71.3 Å². The van der Waals surface area contributed by atoms with E-state index in [1.54, 1.807) is 0 Å². The van der Waals surface area contributed by atoms with Gasteiger partial charge in [-0.2, -0.15) is 10.4 Å². The average Bonchev–Trinajstić information content (AvgIpc) is 3.00. The molecule has 1 atom stereocenters. The van der Waals surface area contributed by atoms with Gasteiger partial charge in [-0.1, -0.05) is 60.2 Å². The maximum absolute atomic E-state index is 9.51. The standard InChI is InChI=1S/C18H17N3/c1-14-7-9-16(10-8-14)18(13-19)21-12-11-17(20-21)15-5-3-2-4-6-15/h2-10,18H,11-12H2,1H3/t18-/m0/s1. The van der Waals surface area contributed by atoms with Crippen LogP contribution in [-0.2, 0) is 0 Å². The molecular formula is C18H17N3. The summed E-state index contributed by atoms with van der Waals surface area (Å²) in [6.07, 6.45) is 0.883. The Morgan fingerprint density at radius 1 is 1.10 bits per heavy atom. The van der Waals surface area contributed by atoms with E-state index in [2.05, 4.69) is 23.3 Å². The zero-order valence-corrected chi connectivity index (χ0v) is 12.0. The first-order chi connectivity index (χ1) is 10.3. The van der Waals surface area contributed by atoms with Gasteiger partial charge in [0.05, 0.1) is 11.8 Å². The van der Waals surface area contributed by atoms with Crippen molar-refractivity contribution in [3.63, 3.8) is 0 Å². The van der Waals surface area contributed by atoms with Gasteiger partial charge in [0.1, 0.15) is 0 Å². The smallest absolute Gasteiger partial charge is 0.158 e. The van der Waals surface area contributed by atoms with Crippen LogP contribution in [0.1, 0.15) is 29.2 Å². The number of rotatable bonds is 3. The van der Waals surface area contributed by atoms with E-state index in [1.165, 1.54) is 5.56 Å². The minimum Gasteiger partial charge on any atom is -0.275 e. The van der Waals surface area contributed by atoms with Crippen molar-refractivity contribution >= 4 is 5.71 Å². The van der Waals surface area contributed by atoms with Gasteiger partial charge >= 0.3 is 0 Å². The first kappa shape index (κ1) is 13.4. The van der Waals surface area contributed by atoms with E-state index in [0.717, 1.165) is 29.8 Å². The lowest BCUT2D eigenvalue weighted by atomic mass is 10.1. The van der Waals surface area contributed by atoms with Crippen LogP contribution in [0.3, 0.4) is 0 Å². The van der Waals surface area contributed by atoms with Crippen LogP contribution >= 0.6 is 0 Å². The minimum absolute atomic E-state index is 0.313. The van der Waals surface area contributed by atoms with Crippen molar-refractivity contribution in [3.8, 4) is 6.07 Å². The van der Waals surface area contributed by atoms with Crippen molar-refractivity contribution in [1.82, 2.24) is 5.01 Å². The molecule has 1 heterocycles. The Kier molecular flexibility index (Phi) is 3.70. The fourth-order valence-corrected chi connectivity index (χ4v) is 2.56. The molecule has 0 aromatic heterocycles. The molecule has 0 saturated carbocycles. The topological polar surface area (TPSA) is 39.4 Å². The van der Waals surface area contributed by atoms with Crippen molar-refractivity contribution in [2.24, 2.45) is 5.10 Å². The molecule has 0 aliphatic carbocycles. The summed E-state index contributed by atoms with van der Waals surface area (Å²) in [5, 5.41) is 16.1. The highest BCUT2D eigenvalue weighted by molar-refractivity contribution is 6.01. The molecular weight excluding hydrogens is 258 g/mol. The summed E-state index contributed by atoms with van der Waals surface area (Å²) in [5.41, 5.74) is 4.40. The van der Waals surface area contributed by atoms with Crippen LogP contribution in [0.5, 0.6) is 0 Å². The van der Waals surface area contributed by atoms with Crippen molar-refractivity contribution in [2.45, 2.75) is 19.4 Å². The molecule has 0 fully saturated rings. The van der Waals surface area contributed by atoms with Gasteiger partial charge in [0, 0.05) is 13.0 Å². The Morgan fingerprint density at radius 2 is 1.81 bits per heavy atom. The van der Waals surface area contributed by atoms with E-state index in [-0.39, 0.29) is 6.04 Å². The van der Waals surface area contributed by atoms with Gasteiger partial charge in [-0.15, -0.1) is 0 Å². The Labute approximate surface area is 125 Å². The lowest BCUT2D eigenvalue weighted by Crippen LogP contribution is -2.20. The monoisotopic (exact) mass is 275 g/mol. The van der Waals surface area contributed by atoms with Crippen LogP contribution in [0.4, 0.5) is 0 Å². The van der Waals surface area contributed by atoms with Crippen LogP contribution in [-0.4, -0.2) is 17.3 Å². The second-order valence-corrected chi connectivity index (χ2v) is 5.27. The van der Waals surface area contributed by atoms with Crippen molar-refractivity contribution < 1.29 is 0 Å². The van der Waals surface area contributed by atoms with Crippen LogP contribution in [0, 0.1) is 18.3 Å². The summed E-state index contributed by atoms with van der Waals surface area (Å²) in [5.74, 6) is 0. The number of aryl methyl sites for hydroxylation is 1. The molecule has 3 nitrogen and oxygen atoms in total.